The summed E-state index contributed by atoms with van der Waals surface area (Å²) in [6.45, 7) is 0.348. The van der Waals surface area contributed by atoms with Crippen LogP contribution in [0.1, 0.15) is 16.1 Å². The number of nitrogens with zero attached hydrogens (tertiary/aromatic N) is 1. The number of nitrogens with one attached hydrogen (secondary N) is 1. The van der Waals surface area contributed by atoms with Gasteiger partial charge >= 0.3 is 0 Å². The van der Waals surface area contributed by atoms with E-state index in [-0.39, 0.29) is 17.3 Å². The molecular weight excluding hydrogens is 230 g/mol. The highest BCUT2D eigenvalue weighted by Crippen LogP contribution is 2.20. The summed E-state index contributed by atoms with van der Waals surface area (Å²) in [5.74, 6) is -0.288. The van der Waals surface area contributed by atoms with Gasteiger partial charge in [-0.25, -0.2) is 0 Å². The quantitative estimate of drug-likeness (QED) is 0.560. The number of phenols is 1. The molecule has 0 atom stereocenters. The Morgan fingerprint density at radius 1 is 1.33 bits per heavy atom. The number of hydrogen-bond acceptors (Lipinski definition) is 4. The first kappa shape index (κ1) is 11.9. The number of hydrogen-bond donors (Lipinski definition) is 3. The lowest BCUT2D eigenvalue weighted by Gasteiger charge is -2.06. The van der Waals surface area contributed by atoms with Crippen molar-refractivity contribution in [1.82, 2.24) is 10.3 Å². The van der Waals surface area contributed by atoms with Crippen molar-refractivity contribution in [3.63, 3.8) is 0 Å². The number of benzene rings is 1. The number of anilines is 1. The SMILES string of the molecule is Nc1cc(C(=O)NCc2ccccn2)ccc1O. The molecule has 0 aliphatic carbocycles. The molecule has 5 nitrogen and oxygen atoms in total. The molecule has 18 heavy (non-hydrogen) atoms. The van der Waals surface area contributed by atoms with Crippen LogP contribution in [0.15, 0.2) is 42.6 Å². The van der Waals surface area contributed by atoms with Gasteiger partial charge < -0.3 is 16.2 Å². The van der Waals surface area contributed by atoms with Gasteiger partial charge in [0.2, 0.25) is 0 Å². The minimum Gasteiger partial charge on any atom is -0.506 e. The maximum Gasteiger partial charge on any atom is 0.251 e. The molecule has 0 spiro atoms. The molecule has 0 saturated carbocycles. The van der Waals surface area contributed by atoms with Gasteiger partial charge in [-0.3, -0.25) is 9.78 Å². The number of aromatic hydroxyl groups is 1. The highest BCUT2D eigenvalue weighted by atomic mass is 16.3. The van der Waals surface area contributed by atoms with Gasteiger partial charge in [-0.15, -0.1) is 0 Å². The summed E-state index contributed by atoms with van der Waals surface area (Å²) in [7, 11) is 0. The molecule has 1 aromatic carbocycles. The molecule has 0 radical (unpaired) electrons. The van der Waals surface area contributed by atoms with E-state index in [1.165, 1.54) is 18.2 Å². The van der Waals surface area contributed by atoms with Gasteiger partial charge in [-0.1, -0.05) is 6.07 Å². The van der Waals surface area contributed by atoms with E-state index in [9.17, 15) is 9.90 Å². The Hall–Kier alpha value is -2.56. The molecule has 0 fully saturated rings. The molecule has 1 heterocycles. The van der Waals surface area contributed by atoms with Gasteiger partial charge in [-0.2, -0.15) is 0 Å². The number of carbonyl (C=O) groups is 1. The predicted octanol–water partition coefficient (Wildman–Crippen LogP) is 1.30. The van der Waals surface area contributed by atoms with Crippen molar-refractivity contribution in [2.75, 3.05) is 5.73 Å². The van der Waals surface area contributed by atoms with E-state index in [1.807, 2.05) is 18.2 Å². The second-order valence-electron chi connectivity index (χ2n) is 3.78. The van der Waals surface area contributed by atoms with Crippen LogP contribution in [0.5, 0.6) is 5.75 Å². The number of pyridine rings is 1. The van der Waals surface area contributed by atoms with Crippen molar-refractivity contribution in [3.8, 4) is 5.75 Å². The maximum atomic E-state index is 11.8. The summed E-state index contributed by atoms with van der Waals surface area (Å²) in [6, 6.07) is 9.83. The van der Waals surface area contributed by atoms with E-state index in [2.05, 4.69) is 10.3 Å². The molecule has 5 heteroatoms. The molecule has 2 rings (SSSR count). The summed E-state index contributed by atoms with van der Waals surface area (Å²) < 4.78 is 0. The number of nitrogens with two attached hydrogens (primary N) is 1. The van der Waals surface area contributed by atoms with Crippen LogP contribution < -0.4 is 11.1 Å². The van der Waals surface area contributed by atoms with Gasteiger partial charge in [0, 0.05) is 11.8 Å². The van der Waals surface area contributed by atoms with Crippen molar-refractivity contribution in [2.45, 2.75) is 6.54 Å². The van der Waals surface area contributed by atoms with Gasteiger partial charge in [0.1, 0.15) is 5.75 Å². The zero-order valence-electron chi connectivity index (χ0n) is 9.63. The second-order valence-corrected chi connectivity index (χ2v) is 3.78. The summed E-state index contributed by atoms with van der Waals surface area (Å²) in [6.07, 6.45) is 1.67. The van der Waals surface area contributed by atoms with E-state index in [0.717, 1.165) is 5.69 Å². The van der Waals surface area contributed by atoms with E-state index >= 15 is 0 Å². The van der Waals surface area contributed by atoms with Gasteiger partial charge in [0.05, 0.1) is 17.9 Å². The number of aromatic nitrogens is 1. The first-order valence-corrected chi connectivity index (χ1v) is 5.43. The Morgan fingerprint density at radius 2 is 2.17 bits per heavy atom. The van der Waals surface area contributed by atoms with E-state index in [4.69, 9.17) is 5.73 Å². The number of amides is 1. The smallest absolute Gasteiger partial charge is 0.251 e. The van der Waals surface area contributed by atoms with Crippen LogP contribution in [0.3, 0.4) is 0 Å². The summed E-state index contributed by atoms with van der Waals surface area (Å²) in [5, 5.41) is 12.0. The molecule has 1 aromatic heterocycles. The number of carbonyl (C=O) groups excluding carboxylic acids is 1. The van der Waals surface area contributed by atoms with Crippen LogP contribution in [0.4, 0.5) is 5.69 Å². The first-order chi connectivity index (χ1) is 8.66. The zero-order valence-corrected chi connectivity index (χ0v) is 9.63. The van der Waals surface area contributed by atoms with Gasteiger partial charge in [0.15, 0.2) is 0 Å². The van der Waals surface area contributed by atoms with E-state index < -0.39 is 0 Å². The Kier molecular flexibility index (Phi) is 3.43. The number of phenolic OH excluding ortho intramolecular Hbond substituents is 1. The molecule has 4 N–H and O–H groups in total. The highest BCUT2D eigenvalue weighted by molar-refractivity contribution is 5.95. The number of rotatable bonds is 3. The summed E-state index contributed by atoms with van der Waals surface area (Å²) in [5.41, 5.74) is 6.88. The Labute approximate surface area is 104 Å². The normalized spacial score (nSPS) is 10.0. The predicted molar refractivity (Wildman–Crippen MR) is 67.9 cm³/mol. The van der Waals surface area contributed by atoms with Gasteiger partial charge in [-0.05, 0) is 30.3 Å². The van der Waals surface area contributed by atoms with Gasteiger partial charge in [0.25, 0.3) is 5.91 Å². The summed E-state index contributed by atoms with van der Waals surface area (Å²) in [4.78, 5) is 15.9. The van der Waals surface area contributed by atoms with Crippen molar-refractivity contribution in [2.24, 2.45) is 0 Å². The molecule has 0 unspecified atom stereocenters. The lowest BCUT2D eigenvalue weighted by Crippen LogP contribution is -2.23. The maximum absolute atomic E-state index is 11.8. The van der Waals surface area contributed by atoms with Crippen molar-refractivity contribution >= 4 is 11.6 Å². The Bertz CT molecular complexity index is 555. The third kappa shape index (κ3) is 2.76. The topological polar surface area (TPSA) is 88.2 Å². The molecule has 0 saturated heterocycles. The monoisotopic (exact) mass is 243 g/mol. The standard InChI is InChI=1S/C13H13N3O2/c14-11-7-9(4-5-12(11)17)13(18)16-8-10-3-1-2-6-15-10/h1-7,17H,8,14H2,(H,16,18). The third-order valence-electron chi connectivity index (χ3n) is 2.45. The molecule has 92 valence electrons. The van der Waals surface area contributed by atoms with Crippen molar-refractivity contribution < 1.29 is 9.90 Å². The lowest BCUT2D eigenvalue weighted by atomic mass is 10.1. The van der Waals surface area contributed by atoms with Crippen LogP contribution in [0.25, 0.3) is 0 Å². The fourth-order valence-corrected chi connectivity index (χ4v) is 1.47. The average molecular weight is 243 g/mol. The largest absolute Gasteiger partial charge is 0.506 e. The zero-order chi connectivity index (χ0) is 13.0. The average Bonchev–Trinajstić information content (AvgIpc) is 2.40. The lowest BCUT2D eigenvalue weighted by molar-refractivity contribution is 0.0950. The van der Waals surface area contributed by atoms with Crippen LogP contribution in [-0.4, -0.2) is 16.0 Å². The highest BCUT2D eigenvalue weighted by Gasteiger charge is 2.07. The Balaban J connectivity index is 2.02. The first-order valence-electron chi connectivity index (χ1n) is 5.43. The molecule has 0 bridgehead atoms. The molecule has 0 aliphatic rings. The Morgan fingerprint density at radius 3 is 2.83 bits per heavy atom. The second kappa shape index (κ2) is 5.18. The molecule has 2 aromatic rings. The minimum atomic E-state index is -0.257. The molecular formula is C13H13N3O2. The fraction of sp³-hybridized carbons (Fsp3) is 0.0769. The summed E-state index contributed by atoms with van der Waals surface area (Å²) >= 11 is 0. The third-order valence-corrected chi connectivity index (χ3v) is 2.45. The minimum absolute atomic E-state index is 0.0312. The van der Waals surface area contributed by atoms with Crippen LogP contribution >= 0.6 is 0 Å². The van der Waals surface area contributed by atoms with Crippen LogP contribution in [-0.2, 0) is 6.54 Å². The van der Waals surface area contributed by atoms with Crippen LogP contribution in [0.2, 0.25) is 0 Å². The molecule has 1 amide bonds. The molecule has 0 aliphatic heterocycles. The fourth-order valence-electron chi connectivity index (χ4n) is 1.47. The number of nitrogen functional groups attached to an aromatic ring is 1. The van der Waals surface area contributed by atoms with Crippen molar-refractivity contribution in [1.29, 1.82) is 0 Å². The van der Waals surface area contributed by atoms with E-state index in [0.29, 0.717) is 12.1 Å². The van der Waals surface area contributed by atoms with Crippen LogP contribution in [0, 0.1) is 0 Å². The van der Waals surface area contributed by atoms with E-state index in [1.54, 1.807) is 6.20 Å². The van der Waals surface area contributed by atoms with Crippen molar-refractivity contribution in [3.05, 3.63) is 53.9 Å².